The average molecular weight is 376 g/mol. The van der Waals surface area contributed by atoms with E-state index >= 15 is 0 Å². The molecule has 5 rings (SSSR count). The van der Waals surface area contributed by atoms with Gasteiger partial charge in [0, 0.05) is 59.6 Å². The average Bonchev–Trinajstić information content (AvgIpc) is 3.27. The number of rotatable bonds is 5. The molecule has 0 fully saturated rings. The minimum absolute atomic E-state index is 0.163. The lowest BCUT2D eigenvalue weighted by atomic mass is 9.86. The van der Waals surface area contributed by atoms with Crippen LogP contribution in [0.3, 0.4) is 0 Å². The van der Waals surface area contributed by atoms with E-state index in [2.05, 4.69) is 57.4 Å². The Bertz CT molecular complexity index is 1190. The molecule has 4 heteroatoms. The Labute approximate surface area is 169 Å². The number of hydrogen-bond donors (Lipinski definition) is 1. The maximum atomic E-state index is 4.74. The molecule has 0 aliphatic rings. The minimum atomic E-state index is 0.163. The van der Waals surface area contributed by atoms with Crippen LogP contribution in [0.4, 0.5) is 0 Å². The summed E-state index contributed by atoms with van der Waals surface area (Å²) < 4.78 is 0. The van der Waals surface area contributed by atoms with E-state index in [1.54, 1.807) is 0 Å². The zero-order valence-electron chi connectivity index (χ0n) is 15.9. The summed E-state index contributed by atoms with van der Waals surface area (Å²) in [7, 11) is 0. The topological polar surface area (TPSA) is 54.5 Å². The van der Waals surface area contributed by atoms with Crippen LogP contribution in [0.1, 0.15) is 22.6 Å². The van der Waals surface area contributed by atoms with E-state index in [0.717, 1.165) is 23.2 Å². The molecule has 0 spiro atoms. The van der Waals surface area contributed by atoms with Crippen molar-refractivity contribution in [1.82, 2.24) is 19.9 Å². The molecule has 0 aliphatic carbocycles. The van der Waals surface area contributed by atoms with Gasteiger partial charge in [-0.05, 0) is 59.5 Å². The molecule has 0 amide bonds. The molecule has 0 aliphatic heterocycles. The van der Waals surface area contributed by atoms with Crippen molar-refractivity contribution in [3.05, 3.63) is 115 Å². The first kappa shape index (κ1) is 17.3. The lowest BCUT2D eigenvalue weighted by Gasteiger charge is -2.19. The van der Waals surface area contributed by atoms with Crippen molar-refractivity contribution in [3.8, 4) is 11.3 Å². The van der Waals surface area contributed by atoms with Crippen molar-refractivity contribution in [3.63, 3.8) is 0 Å². The summed E-state index contributed by atoms with van der Waals surface area (Å²) >= 11 is 0. The number of H-pyrrole nitrogens is 1. The van der Waals surface area contributed by atoms with Gasteiger partial charge in [0.2, 0.25) is 0 Å². The van der Waals surface area contributed by atoms with Gasteiger partial charge in [-0.25, -0.2) is 0 Å². The van der Waals surface area contributed by atoms with Crippen LogP contribution in [-0.4, -0.2) is 19.9 Å². The summed E-state index contributed by atoms with van der Waals surface area (Å²) in [5, 5.41) is 1.19. The number of aromatic nitrogens is 4. The smallest absolute Gasteiger partial charge is 0.0734 e. The second-order valence-corrected chi connectivity index (χ2v) is 7.12. The van der Waals surface area contributed by atoms with Crippen molar-refractivity contribution in [2.24, 2.45) is 0 Å². The number of fused-ring (bicyclic) bond motifs is 1. The minimum Gasteiger partial charge on any atom is -0.361 e. The van der Waals surface area contributed by atoms with Crippen molar-refractivity contribution in [1.29, 1.82) is 0 Å². The highest BCUT2D eigenvalue weighted by atomic mass is 14.7. The number of benzene rings is 1. The molecule has 5 aromatic rings. The third-order valence-corrected chi connectivity index (χ3v) is 5.32. The number of nitrogens with one attached hydrogen (secondary N) is 1. The molecule has 0 saturated carbocycles. The van der Waals surface area contributed by atoms with Gasteiger partial charge in [-0.3, -0.25) is 15.0 Å². The Morgan fingerprint density at radius 1 is 0.793 bits per heavy atom. The van der Waals surface area contributed by atoms with Crippen LogP contribution >= 0.6 is 0 Å². The van der Waals surface area contributed by atoms with Gasteiger partial charge in [0.15, 0.2) is 0 Å². The molecule has 0 atom stereocenters. The van der Waals surface area contributed by atoms with Crippen LogP contribution < -0.4 is 0 Å². The summed E-state index contributed by atoms with van der Waals surface area (Å²) in [4.78, 5) is 16.7. The van der Waals surface area contributed by atoms with Crippen molar-refractivity contribution >= 4 is 10.9 Å². The second kappa shape index (κ2) is 7.68. The Hall–Kier alpha value is -3.79. The van der Waals surface area contributed by atoms with Gasteiger partial charge in [0.25, 0.3) is 0 Å². The van der Waals surface area contributed by atoms with E-state index in [9.17, 15) is 0 Å². The van der Waals surface area contributed by atoms with E-state index < -0.39 is 0 Å². The first-order chi connectivity index (χ1) is 14.4. The molecule has 0 unspecified atom stereocenters. The highest BCUT2D eigenvalue weighted by molar-refractivity contribution is 5.84. The summed E-state index contributed by atoms with van der Waals surface area (Å²) in [6.07, 6.45) is 12.2. The predicted molar refractivity (Wildman–Crippen MR) is 116 cm³/mol. The highest BCUT2D eigenvalue weighted by Crippen LogP contribution is 2.32. The number of aromatic amines is 1. The highest BCUT2D eigenvalue weighted by Gasteiger charge is 2.18. The summed E-state index contributed by atoms with van der Waals surface area (Å²) in [6.45, 7) is 0. The fourth-order valence-corrected chi connectivity index (χ4v) is 3.88. The molecule has 0 bridgehead atoms. The summed E-state index contributed by atoms with van der Waals surface area (Å²) in [5.74, 6) is 0.163. The van der Waals surface area contributed by atoms with E-state index in [1.165, 1.54) is 22.1 Å². The Kier molecular flexibility index (Phi) is 4.59. The number of nitrogens with zero attached hydrogens (tertiary/aromatic N) is 3. The lowest BCUT2D eigenvalue weighted by molar-refractivity contribution is 0.792. The standard InChI is InChI=1S/C25H20N4/c1-5-21(16-26-10-1)23(22-6-2-11-27-17-22)15-19-4-3-12-29-25(19)20-7-8-24-18(14-20)9-13-28-24/h1-14,16-17,23,28H,15H2. The summed E-state index contributed by atoms with van der Waals surface area (Å²) in [5.41, 5.74) is 6.85. The molecule has 140 valence electrons. The lowest BCUT2D eigenvalue weighted by Crippen LogP contribution is -2.07. The fourth-order valence-electron chi connectivity index (χ4n) is 3.88. The maximum Gasteiger partial charge on any atom is 0.0734 e. The molecule has 4 heterocycles. The van der Waals surface area contributed by atoms with Crippen molar-refractivity contribution < 1.29 is 0 Å². The van der Waals surface area contributed by atoms with Crippen LogP contribution in [0.15, 0.2) is 97.8 Å². The van der Waals surface area contributed by atoms with Crippen LogP contribution in [0.2, 0.25) is 0 Å². The Balaban J connectivity index is 1.58. The van der Waals surface area contributed by atoms with Crippen LogP contribution in [0, 0.1) is 0 Å². The second-order valence-electron chi connectivity index (χ2n) is 7.12. The van der Waals surface area contributed by atoms with Gasteiger partial charge < -0.3 is 4.98 Å². The molecular weight excluding hydrogens is 356 g/mol. The normalized spacial score (nSPS) is 11.2. The quantitative estimate of drug-likeness (QED) is 0.447. The van der Waals surface area contributed by atoms with Gasteiger partial charge in [-0.1, -0.05) is 24.3 Å². The van der Waals surface area contributed by atoms with Crippen molar-refractivity contribution in [2.75, 3.05) is 0 Å². The molecule has 29 heavy (non-hydrogen) atoms. The molecule has 0 saturated heterocycles. The summed E-state index contributed by atoms with van der Waals surface area (Å²) in [6, 6.07) is 21.0. The first-order valence-corrected chi connectivity index (χ1v) is 9.70. The van der Waals surface area contributed by atoms with Crippen molar-refractivity contribution in [2.45, 2.75) is 12.3 Å². The van der Waals surface area contributed by atoms with Gasteiger partial charge in [0.1, 0.15) is 0 Å². The first-order valence-electron chi connectivity index (χ1n) is 9.70. The monoisotopic (exact) mass is 376 g/mol. The largest absolute Gasteiger partial charge is 0.361 e. The third-order valence-electron chi connectivity index (χ3n) is 5.32. The number of pyridine rings is 3. The third kappa shape index (κ3) is 3.52. The molecule has 4 aromatic heterocycles. The van der Waals surface area contributed by atoms with E-state index in [1.807, 2.05) is 55.4 Å². The van der Waals surface area contributed by atoms with Crippen LogP contribution in [0.5, 0.6) is 0 Å². The Morgan fingerprint density at radius 3 is 2.28 bits per heavy atom. The zero-order chi connectivity index (χ0) is 19.5. The van der Waals surface area contributed by atoms with E-state index in [-0.39, 0.29) is 5.92 Å². The van der Waals surface area contributed by atoms with Crippen LogP contribution in [0.25, 0.3) is 22.2 Å². The van der Waals surface area contributed by atoms with Gasteiger partial charge in [0.05, 0.1) is 5.69 Å². The zero-order valence-corrected chi connectivity index (χ0v) is 15.9. The molecule has 1 aromatic carbocycles. The van der Waals surface area contributed by atoms with Crippen LogP contribution in [-0.2, 0) is 6.42 Å². The molecule has 4 nitrogen and oxygen atoms in total. The number of hydrogen-bond acceptors (Lipinski definition) is 3. The SMILES string of the molecule is c1cncc(C(Cc2cccnc2-c2ccc3[nH]ccc3c2)c2cccnc2)c1. The fraction of sp³-hybridized carbons (Fsp3) is 0.0800. The van der Waals surface area contributed by atoms with Gasteiger partial charge >= 0.3 is 0 Å². The van der Waals surface area contributed by atoms with E-state index in [4.69, 9.17) is 4.98 Å². The molecule has 0 radical (unpaired) electrons. The van der Waals surface area contributed by atoms with Gasteiger partial charge in [-0.15, -0.1) is 0 Å². The van der Waals surface area contributed by atoms with Gasteiger partial charge in [-0.2, -0.15) is 0 Å². The predicted octanol–water partition coefficient (Wildman–Crippen LogP) is 5.39. The maximum absolute atomic E-state index is 4.74. The Morgan fingerprint density at radius 2 is 1.55 bits per heavy atom. The van der Waals surface area contributed by atoms with E-state index in [0.29, 0.717) is 0 Å². The molecule has 1 N–H and O–H groups in total. The molecular formula is C25H20N4.